The normalized spacial score (nSPS) is 26.0. The van der Waals surface area contributed by atoms with E-state index in [-0.39, 0.29) is 17.8 Å². The Morgan fingerprint density at radius 2 is 2.00 bits per heavy atom. The Balaban J connectivity index is 1.39. The Morgan fingerprint density at radius 3 is 2.77 bits per heavy atom. The minimum atomic E-state index is -0.216. The lowest BCUT2D eigenvalue weighted by Crippen LogP contribution is -2.47. The summed E-state index contributed by atoms with van der Waals surface area (Å²) in [6.07, 6.45) is 4.69. The molecule has 0 bridgehead atoms. The first-order valence-electron chi connectivity index (χ1n) is 9.17. The molecule has 2 aliphatic heterocycles. The molecule has 1 aromatic carbocycles. The SMILES string of the molecule is O=C(c1ccccn1)N1CCCC(C2CC(c3ccc(F)cc3)NN2)C1. The van der Waals surface area contributed by atoms with Gasteiger partial charge in [-0.3, -0.25) is 20.6 Å². The van der Waals surface area contributed by atoms with Crippen molar-refractivity contribution in [3.8, 4) is 0 Å². The van der Waals surface area contributed by atoms with Crippen LogP contribution in [-0.4, -0.2) is 34.9 Å². The van der Waals surface area contributed by atoms with Gasteiger partial charge in [-0.2, -0.15) is 0 Å². The van der Waals surface area contributed by atoms with Crippen molar-refractivity contribution in [1.29, 1.82) is 0 Å². The van der Waals surface area contributed by atoms with Crippen LogP contribution in [0.1, 0.15) is 41.4 Å². The zero-order chi connectivity index (χ0) is 17.9. The van der Waals surface area contributed by atoms with Crippen LogP contribution in [0, 0.1) is 11.7 Å². The van der Waals surface area contributed by atoms with E-state index in [4.69, 9.17) is 0 Å². The monoisotopic (exact) mass is 354 g/mol. The van der Waals surface area contributed by atoms with Crippen molar-refractivity contribution in [2.75, 3.05) is 13.1 Å². The number of hydrogen-bond donors (Lipinski definition) is 2. The van der Waals surface area contributed by atoms with Gasteiger partial charge in [0, 0.05) is 31.4 Å². The van der Waals surface area contributed by atoms with Crippen LogP contribution in [0.25, 0.3) is 0 Å². The number of rotatable bonds is 3. The van der Waals surface area contributed by atoms with Crippen molar-refractivity contribution >= 4 is 5.91 Å². The summed E-state index contributed by atoms with van der Waals surface area (Å²) in [6, 6.07) is 12.6. The van der Waals surface area contributed by atoms with Crippen LogP contribution >= 0.6 is 0 Å². The second-order valence-electron chi connectivity index (χ2n) is 7.10. The molecule has 1 aromatic heterocycles. The van der Waals surface area contributed by atoms with E-state index in [9.17, 15) is 9.18 Å². The lowest BCUT2D eigenvalue weighted by Gasteiger charge is -2.35. The molecule has 2 aliphatic rings. The summed E-state index contributed by atoms with van der Waals surface area (Å²) in [5.41, 5.74) is 8.31. The van der Waals surface area contributed by atoms with Gasteiger partial charge in [0.05, 0.1) is 0 Å². The highest BCUT2D eigenvalue weighted by Gasteiger charge is 2.35. The third-order valence-electron chi connectivity index (χ3n) is 5.40. The maximum Gasteiger partial charge on any atom is 0.272 e. The zero-order valence-electron chi connectivity index (χ0n) is 14.6. The van der Waals surface area contributed by atoms with E-state index in [2.05, 4.69) is 15.8 Å². The number of hydrazine groups is 1. The zero-order valence-corrected chi connectivity index (χ0v) is 14.6. The highest BCUT2D eigenvalue weighted by atomic mass is 19.1. The van der Waals surface area contributed by atoms with Gasteiger partial charge >= 0.3 is 0 Å². The fourth-order valence-electron chi connectivity index (χ4n) is 3.98. The van der Waals surface area contributed by atoms with E-state index in [1.165, 1.54) is 12.1 Å². The average molecular weight is 354 g/mol. The molecule has 6 heteroatoms. The number of aromatic nitrogens is 1. The van der Waals surface area contributed by atoms with Crippen molar-refractivity contribution in [1.82, 2.24) is 20.7 Å². The summed E-state index contributed by atoms with van der Waals surface area (Å²) >= 11 is 0. The summed E-state index contributed by atoms with van der Waals surface area (Å²) in [4.78, 5) is 18.8. The van der Waals surface area contributed by atoms with Crippen LogP contribution < -0.4 is 10.9 Å². The highest BCUT2D eigenvalue weighted by molar-refractivity contribution is 5.92. The molecule has 26 heavy (non-hydrogen) atoms. The lowest BCUT2D eigenvalue weighted by molar-refractivity contribution is 0.0643. The number of nitrogens with one attached hydrogen (secondary N) is 2. The molecule has 1 amide bonds. The summed E-state index contributed by atoms with van der Waals surface area (Å²) < 4.78 is 13.1. The second-order valence-corrected chi connectivity index (χ2v) is 7.10. The van der Waals surface area contributed by atoms with Crippen LogP contribution in [0.3, 0.4) is 0 Å². The topological polar surface area (TPSA) is 57.3 Å². The molecule has 5 nitrogen and oxygen atoms in total. The molecular formula is C20H23FN4O. The number of carbonyl (C=O) groups excluding carboxylic acids is 1. The standard InChI is InChI=1S/C20H23FN4O/c21-16-8-6-14(7-9-16)18-12-19(24-23-18)15-4-3-11-25(13-15)20(26)17-5-1-2-10-22-17/h1-2,5-10,15,18-19,23-24H,3-4,11-13H2. The van der Waals surface area contributed by atoms with Crippen LogP contribution in [-0.2, 0) is 0 Å². The molecule has 3 atom stereocenters. The van der Waals surface area contributed by atoms with E-state index in [1.54, 1.807) is 12.3 Å². The summed E-state index contributed by atoms with van der Waals surface area (Å²) in [6.45, 7) is 1.53. The molecule has 0 spiro atoms. The van der Waals surface area contributed by atoms with Gasteiger partial charge in [-0.25, -0.2) is 4.39 Å². The number of benzene rings is 1. The Labute approximate surface area is 152 Å². The molecule has 2 aromatic rings. The summed E-state index contributed by atoms with van der Waals surface area (Å²) in [5, 5.41) is 0. The number of halogens is 1. The Hall–Kier alpha value is -2.31. The first kappa shape index (κ1) is 17.1. The van der Waals surface area contributed by atoms with Crippen LogP contribution in [0.5, 0.6) is 0 Å². The molecular weight excluding hydrogens is 331 g/mol. The molecule has 136 valence electrons. The maximum absolute atomic E-state index is 13.1. The number of piperidine rings is 1. The number of hydrogen-bond acceptors (Lipinski definition) is 4. The number of pyridine rings is 1. The van der Waals surface area contributed by atoms with Crippen molar-refractivity contribution in [2.45, 2.75) is 31.3 Å². The van der Waals surface area contributed by atoms with Crippen LogP contribution in [0.2, 0.25) is 0 Å². The van der Waals surface area contributed by atoms with Gasteiger partial charge < -0.3 is 4.90 Å². The van der Waals surface area contributed by atoms with Gasteiger partial charge in [0.2, 0.25) is 0 Å². The van der Waals surface area contributed by atoms with Crippen LogP contribution in [0.4, 0.5) is 4.39 Å². The average Bonchev–Trinajstić information content (AvgIpc) is 3.19. The molecule has 4 rings (SSSR count). The van der Waals surface area contributed by atoms with E-state index < -0.39 is 0 Å². The minimum absolute atomic E-state index is 0.0105. The van der Waals surface area contributed by atoms with E-state index in [1.807, 2.05) is 29.2 Å². The molecule has 3 unspecified atom stereocenters. The second kappa shape index (κ2) is 7.51. The van der Waals surface area contributed by atoms with Crippen molar-refractivity contribution in [2.24, 2.45) is 5.92 Å². The molecule has 0 aliphatic carbocycles. The predicted molar refractivity (Wildman–Crippen MR) is 96.7 cm³/mol. The highest BCUT2D eigenvalue weighted by Crippen LogP contribution is 2.30. The number of amides is 1. The summed E-state index contributed by atoms with van der Waals surface area (Å²) in [5.74, 6) is 0.193. The fourth-order valence-corrected chi connectivity index (χ4v) is 3.98. The van der Waals surface area contributed by atoms with E-state index in [0.717, 1.165) is 37.9 Å². The van der Waals surface area contributed by atoms with Gasteiger partial charge in [0.1, 0.15) is 11.5 Å². The Morgan fingerprint density at radius 1 is 1.15 bits per heavy atom. The largest absolute Gasteiger partial charge is 0.337 e. The maximum atomic E-state index is 13.1. The lowest BCUT2D eigenvalue weighted by atomic mass is 9.87. The number of nitrogens with zero attached hydrogens (tertiary/aromatic N) is 2. The first-order valence-corrected chi connectivity index (χ1v) is 9.17. The fraction of sp³-hybridized carbons (Fsp3) is 0.400. The Bertz CT molecular complexity index is 752. The molecule has 2 saturated heterocycles. The number of likely N-dealkylation sites (tertiary alicyclic amines) is 1. The summed E-state index contributed by atoms with van der Waals surface area (Å²) in [7, 11) is 0. The predicted octanol–water partition coefficient (Wildman–Crippen LogP) is 2.68. The van der Waals surface area contributed by atoms with Crippen LogP contribution in [0.15, 0.2) is 48.7 Å². The number of carbonyl (C=O) groups is 1. The van der Waals surface area contributed by atoms with Gasteiger partial charge in [-0.15, -0.1) is 0 Å². The quantitative estimate of drug-likeness (QED) is 0.890. The van der Waals surface area contributed by atoms with Crippen molar-refractivity contribution < 1.29 is 9.18 Å². The molecule has 2 N–H and O–H groups in total. The molecule has 2 fully saturated rings. The van der Waals surface area contributed by atoms with E-state index in [0.29, 0.717) is 17.7 Å². The minimum Gasteiger partial charge on any atom is -0.337 e. The third kappa shape index (κ3) is 3.61. The first-order chi connectivity index (χ1) is 12.7. The van der Waals surface area contributed by atoms with Gasteiger partial charge in [-0.05, 0) is 55.0 Å². The van der Waals surface area contributed by atoms with E-state index >= 15 is 0 Å². The van der Waals surface area contributed by atoms with Gasteiger partial charge in [-0.1, -0.05) is 18.2 Å². The third-order valence-corrected chi connectivity index (χ3v) is 5.40. The Kier molecular flexibility index (Phi) is 4.95. The molecule has 3 heterocycles. The molecule has 0 radical (unpaired) electrons. The van der Waals surface area contributed by atoms with Crippen molar-refractivity contribution in [3.63, 3.8) is 0 Å². The van der Waals surface area contributed by atoms with Gasteiger partial charge in [0.25, 0.3) is 5.91 Å². The smallest absolute Gasteiger partial charge is 0.272 e. The van der Waals surface area contributed by atoms with Crippen molar-refractivity contribution in [3.05, 3.63) is 65.7 Å². The molecule has 0 saturated carbocycles. The van der Waals surface area contributed by atoms with Gasteiger partial charge in [0.15, 0.2) is 0 Å².